The lowest BCUT2D eigenvalue weighted by Crippen LogP contribution is -2.48. The molecule has 0 aromatic rings. The van der Waals surface area contributed by atoms with Crippen molar-refractivity contribution in [3.05, 3.63) is 0 Å². The van der Waals surface area contributed by atoms with Crippen LogP contribution < -0.4 is 5.32 Å². The summed E-state index contributed by atoms with van der Waals surface area (Å²) in [4.78, 5) is 17.0. The van der Waals surface area contributed by atoms with E-state index in [-0.39, 0.29) is 12.2 Å². The van der Waals surface area contributed by atoms with Gasteiger partial charge in [0.1, 0.15) is 0 Å². The van der Waals surface area contributed by atoms with Crippen molar-refractivity contribution in [2.75, 3.05) is 20.6 Å². The van der Waals surface area contributed by atoms with Gasteiger partial charge in [-0.2, -0.15) is 0 Å². The average Bonchev–Trinajstić information content (AvgIpc) is 2.50. The van der Waals surface area contributed by atoms with Gasteiger partial charge in [-0.3, -0.25) is 10.1 Å². The molecule has 0 spiro atoms. The highest BCUT2D eigenvalue weighted by atomic mass is 16.2. The second-order valence-electron chi connectivity index (χ2n) is 7.32. The Bertz CT molecular complexity index is 305. The first-order valence-electron chi connectivity index (χ1n) is 7.95. The molecule has 4 heteroatoms. The van der Waals surface area contributed by atoms with Crippen molar-refractivity contribution in [1.29, 1.82) is 0 Å². The SMILES string of the molecule is CC(C)CC1NC(C)N(C(CC(C)C)CN(C)C)C1=O. The number of amides is 1. The van der Waals surface area contributed by atoms with E-state index in [0.29, 0.717) is 23.8 Å². The fourth-order valence-corrected chi connectivity index (χ4v) is 3.19. The summed E-state index contributed by atoms with van der Waals surface area (Å²) in [5.41, 5.74) is 0. The molecule has 3 atom stereocenters. The van der Waals surface area contributed by atoms with Gasteiger partial charge in [-0.15, -0.1) is 0 Å². The first-order chi connectivity index (χ1) is 9.22. The van der Waals surface area contributed by atoms with Crippen LogP contribution in [0, 0.1) is 11.8 Å². The number of rotatable bonds is 7. The third kappa shape index (κ3) is 4.74. The van der Waals surface area contributed by atoms with Crippen molar-refractivity contribution in [3.63, 3.8) is 0 Å². The molecule has 0 bridgehead atoms. The molecule has 4 nitrogen and oxygen atoms in total. The summed E-state index contributed by atoms with van der Waals surface area (Å²) >= 11 is 0. The van der Waals surface area contributed by atoms with E-state index in [9.17, 15) is 4.79 Å². The molecule has 0 aromatic heterocycles. The summed E-state index contributed by atoms with van der Waals surface area (Å²) in [6, 6.07) is 0.305. The van der Waals surface area contributed by atoms with Crippen molar-refractivity contribution in [1.82, 2.24) is 15.1 Å². The zero-order valence-electron chi connectivity index (χ0n) is 14.3. The molecular weight excluding hydrogens is 250 g/mol. The van der Waals surface area contributed by atoms with Gasteiger partial charge in [-0.05, 0) is 45.7 Å². The van der Waals surface area contributed by atoms with Crippen LogP contribution in [0.4, 0.5) is 0 Å². The third-order valence-corrected chi connectivity index (χ3v) is 3.83. The molecule has 1 N–H and O–H groups in total. The number of nitrogens with one attached hydrogen (secondary N) is 1. The third-order valence-electron chi connectivity index (χ3n) is 3.83. The smallest absolute Gasteiger partial charge is 0.241 e. The van der Waals surface area contributed by atoms with Gasteiger partial charge in [0.05, 0.1) is 12.2 Å². The van der Waals surface area contributed by atoms with Crippen LogP contribution in [0.2, 0.25) is 0 Å². The Morgan fingerprint density at radius 2 is 1.80 bits per heavy atom. The topological polar surface area (TPSA) is 35.6 Å². The van der Waals surface area contributed by atoms with Gasteiger partial charge in [0, 0.05) is 12.6 Å². The number of carbonyl (C=O) groups is 1. The molecule has 1 saturated heterocycles. The Morgan fingerprint density at radius 3 is 2.25 bits per heavy atom. The van der Waals surface area contributed by atoms with Gasteiger partial charge in [0.25, 0.3) is 0 Å². The van der Waals surface area contributed by atoms with Crippen molar-refractivity contribution in [2.45, 2.75) is 65.7 Å². The molecule has 1 heterocycles. The highest BCUT2D eigenvalue weighted by molar-refractivity contribution is 5.84. The predicted molar refractivity (Wildman–Crippen MR) is 84.5 cm³/mol. The van der Waals surface area contributed by atoms with E-state index in [4.69, 9.17) is 0 Å². The lowest BCUT2D eigenvalue weighted by Gasteiger charge is -2.34. The maximum atomic E-state index is 12.7. The second kappa shape index (κ2) is 7.41. The number of carbonyl (C=O) groups excluding carboxylic acids is 1. The van der Waals surface area contributed by atoms with E-state index in [1.807, 2.05) is 0 Å². The average molecular weight is 283 g/mol. The van der Waals surface area contributed by atoms with Crippen molar-refractivity contribution in [2.24, 2.45) is 11.8 Å². The van der Waals surface area contributed by atoms with Crippen LogP contribution in [0.15, 0.2) is 0 Å². The van der Waals surface area contributed by atoms with Crippen LogP contribution in [-0.2, 0) is 4.79 Å². The van der Waals surface area contributed by atoms with E-state index < -0.39 is 0 Å². The fourth-order valence-electron chi connectivity index (χ4n) is 3.19. The first kappa shape index (κ1) is 17.4. The second-order valence-corrected chi connectivity index (χ2v) is 7.32. The molecule has 0 aliphatic carbocycles. The summed E-state index contributed by atoms with van der Waals surface area (Å²) in [6.45, 7) is 11.9. The highest BCUT2D eigenvalue weighted by Crippen LogP contribution is 2.23. The quantitative estimate of drug-likeness (QED) is 0.778. The molecule has 1 fully saturated rings. The number of hydrogen-bond acceptors (Lipinski definition) is 3. The van der Waals surface area contributed by atoms with Gasteiger partial charge in [-0.1, -0.05) is 27.7 Å². The predicted octanol–water partition coefficient (Wildman–Crippen LogP) is 2.16. The summed E-state index contributed by atoms with van der Waals surface area (Å²) in [5.74, 6) is 1.43. The van der Waals surface area contributed by atoms with E-state index >= 15 is 0 Å². The standard InChI is InChI=1S/C16H33N3O/c1-11(2)8-14(10-18(6)7)19-13(5)17-15(16(19)20)9-12(3)4/h11-15,17H,8-10H2,1-7H3. The van der Waals surface area contributed by atoms with E-state index in [2.05, 4.69) is 63.8 Å². The minimum absolute atomic E-state index is 0.00169. The molecule has 20 heavy (non-hydrogen) atoms. The Hall–Kier alpha value is -0.610. The van der Waals surface area contributed by atoms with Crippen LogP contribution in [0.1, 0.15) is 47.5 Å². The largest absolute Gasteiger partial charge is 0.322 e. The minimum atomic E-state index is 0.00169. The molecule has 1 aliphatic rings. The zero-order chi connectivity index (χ0) is 15.4. The van der Waals surface area contributed by atoms with Gasteiger partial charge in [0.15, 0.2) is 0 Å². The molecule has 0 radical (unpaired) electrons. The lowest BCUT2D eigenvalue weighted by atomic mass is 10.00. The number of hydrogen-bond donors (Lipinski definition) is 1. The first-order valence-corrected chi connectivity index (χ1v) is 7.95. The Labute approximate surface area is 124 Å². The van der Waals surface area contributed by atoms with Crippen LogP contribution in [0.3, 0.4) is 0 Å². The van der Waals surface area contributed by atoms with E-state index in [0.717, 1.165) is 19.4 Å². The zero-order valence-corrected chi connectivity index (χ0v) is 14.3. The number of nitrogens with zero attached hydrogens (tertiary/aromatic N) is 2. The summed E-state index contributed by atoms with van der Waals surface area (Å²) in [5, 5.41) is 3.47. The van der Waals surface area contributed by atoms with Gasteiger partial charge >= 0.3 is 0 Å². The monoisotopic (exact) mass is 283 g/mol. The van der Waals surface area contributed by atoms with Crippen LogP contribution in [0.25, 0.3) is 0 Å². The molecule has 118 valence electrons. The molecule has 1 amide bonds. The lowest BCUT2D eigenvalue weighted by molar-refractivity contribution is -0.133. The fraction of sp³-hybridized carbons (Fsp3) is 0.938. The molecule has 1 rings (SSSR count). The summed E-state index contributed by atoms with van der Waals surface area (Å²) in [6.07, 6.45) is 2.13. The van der Waals surface area contributed by atoms with E-state index in [1.165, 1.54) is 0 Å². The van der Waals surface area contributed by atoms with Crippen LogP contribution in [0.5, 0.6) is 0 Å². The van der Waals surface area contributed by atoms with Crippen molar-refractivity contribution in [3.8, 4) is 0 Å². The number of likely N-dealkylation sites (N-methyl/N-ethyl adjacent to an activating group) is 1. The normalized spacial score (nSPS) is 25.3. The minimum Gasteiger partial charge on any atom is -0.322 e. The van der Waals surface area contributed by atoms with Crippen molar-refractivity contribution >= 4 is 5.91 Å². The maximum absolute atomic E-state index is 12.7. The Morgan fingerprint density at radius 1 is 1.20 bits per heavy atom. The van der Waals surface area contributed by atoms with Crippen LogP contribution >= 0.6 is 0 Å². The Balaban J connectivity index is 2.81. The van der Waals surface area contributed by atoms with Gasteiger partial charge in [-0.25, -0.2) is 0 Å². The maximum Gasteiger partial charge on any atom is 0.241 e. The molecule has 1 aliphatic heterocycles. The van der Waals surface area contributed by atoms with Gasteiger partial charge in [0.2, 0.25) is 5.91 Å². The van der Waals surface area contributed by atoms with Gasteiger partial charge < -0.3 is 9.80 Å². The highest BCUT2D eigenvalue weighted by Gasteiger charge is 2.40. The van der Waals surface area contributed by atoms with E-state index in [1.54, 1.807) is 0 Å². The molecular formula is C16H33N3O. The summed E-state index contributed by atoms with van der Waals surface area (Å²) in [7, 11) is 4.16. The van der Waals surface area contributed by atoms with Crippen LogP contribution in [-0.4, -0.2) is 54.6 Å². The van der Waals surface area contributed by atoms with Crippen molar-refractivity contribution < 1.29 is 4.79 Å². The molecule has 0 aromatic carbocycles. The molecule has 0 saturated carbocycles. The summed E-state index contributed by atoms with van der Waals surface area (Å²) < 4.78 is 0. The Kier molecular flexibility index (Phi) is 6.46. The molecule has 3 unspecified atom stereocenters.